The van der Waals surface area contributed by atoms with Crippen LogP contribution in [0.4, 0.5) is 0 Å². The minimum atomic E-state index is 0.0556. The summed E-state index contributed by atoms with van der Waals surface area (Å²) in [6, 6.07) is 0. The van der Waals surface area contributed by atoms with Crippen molar-refractivity contribution in [2.75, 3.05) is 0 Å². The van der Waals surface area contributed by atoms with Crippen LogP contribution >= 0.6 is 11.6 Å². The smallest absolute Gasteiger partial charge is 0.126 e. The van der Waals surface area contributed by atoms with Crippen LogP contribution in [-0.4, -0.2) is 9.55 Å². The van der Waals surface area contributed by atoms with Crippen LogP contribution in [0.5, 0.6) is 0 Å². The SMILES string of the molecule is CCC(Cl)c1nccn1C. The topological polar surface area (TPSA) is 17.8 Å². The third-order valence-corrected chi connectivity index (χ3v) is 2.00. The zero-order chi connectivity index (χ0) is 7.56. The normalized spacial score (nSPS) is 13.5. The van der Waals surface area contributed by atoms with E-state index >= 15 is 0 Å². The van der Waals surface area contributed by atoms with Gasteiger partial charge in [-0.3, -0.25) is 0 Å². The number of alkyl halides is 1. The number of rotatable bonds is 2. The highest BCUT2D eigenvalue weighted by molar-refractivity contribution is 6.20. The van der Waals surface area contributed by atoms with Gasteiger partial charge in [-0.15, -0.1) is 11.6 Å². The highest BCUT2D eigenvalue weighted by Gasteiger charge is 2.08. The quantitative estimate of drug-likeness (QED) is 0.603. The Morgan fingerprint density at radius 3 is 2.90 bits per heavy atom. The second-order valence-electron chi connectivity index (χ2n) is 2.27. The Labute approximate surface area is 65.8 Å². The maximum atomic E-state index is 5.95. The van der Waals surface area contributed by atoms with Gasteiger partial charge >= 0.3 is 0 Å². The first-order valence-electron chi connectivity index (χ1n) is 3.37. The Morgan fingerprint density at radius 2 is 2.50 bits per heavy atom. The Morgan fingerprint density at radius 1 is 1.80 bits per heavy atom. The summed E-state index contributed by atoms with van der Waals surface area (Å²) in [5.41, 5.74) is 0. The molecule has 0 fully saturated rings. The van der Waals surface area contributed by atoms with Gasteiger partial charge in [-0.25, -0.2) is 4.98 Å². The maximum Gasteiger partial charge on any atom is 0.126 e. The standard InChI is InChI=1S/C7H11ClN2/c1-3-6(8)7-9-4-5-10(7)2/h4-6H,3H2,1-2H3. The average Bonchev–Trinajstić information content (AvgIpc) is 2.34. The molecule has 0 aliphatic carbocycles. The minimum absolute atomic E-state index is 0.0556. The van der Waals surface area contributed by atoms with Crippen molar-refractivity contribution < 1.29 is 0 Å². The summed E-state index contributed by atoms with van der Waals surface area (Å²) >= 11 is 5.95. The van der Waals surface area contributed by atoms with E-state index in [0.717, 1.165) is 12.2 Å². The second kappa shape index (κ2) is 3.06. The largest absolute Gasteiger partial charge is 0.337 e. The third-order valence-electron chi connectivity index (χ3n) is 1.50. The third kappa shape index (κ3) is 1.32. The van der Waals surface area contributed by atoms with Gasteiger partial charge in [0, 0.05) is 19.4 Å². The molecule has 0 radical (unpaired) electrons. The van der Waals surface area contributed by atoms with Gasteiger partial charge in [0.05, 0.1) is 5.38 Å². The van der Waals surface area contributed by atoms with Crippen molar-refractivity contribution in [3.05, 3.63) is 18.2 Å². The molecule has 0 saturated heterocycles. The predicted molar refractivity (Wildman–Crippen MR) is 42.1 cm³/mol. The van der Waals surface area contributed by atoms with Gasteiger partial charge in [0.1, 0.15) is 5.82 Å². The van der Waals surface area contributed by atoms with Gasteiger partial charge in [-0.05, 0) is 6.42 Å². The van der Waals surface area contributed by atoms with Gasteiger partial charge in [0.25, 0.3) is 0 Å². The number of hydrogen-bond acceptors (Lipinski definition) is 1. The van der Waals surface area contributed by atoms with Gasteiger partial charge in [0.2, 0.25) is 0 Å². The van der Waals surface area contributed by atoms with Gasteiger partial charge < -0.3 is 4.57 Å². The van der Waals surface area contributed by atoms with Crippen molar-refractivity contribution >= 4 is 11.6 Å². The van der Waals surface area contributed by atoms with Crippen molar-refractivity contribution in [2.45, 2.75) is 18.7 Å². The molecule has 1 unspecified atom stereocenters. The molecule has 0 aromatic carbocycles. The van der Waals surface area contributed by atoms with Crippen molar-refractivity contribution in [2.24, 2.45) is 7.05 Å². The first kappa shape index (κ1) is 7.61. The number of aromatic nitrogens is 2. The van der Waals surface area contributed by atoms with E-state index in [2.05, 4.69) is 4.98 Å². The molecular weight excluding hydrogens is 148 g/mol. The molecule has 0 saturated carbocycles. The summed E-state index contributed by atoms with van der Waals surface area (Å²) < 4.78 is 1.95. The molecule has 0 spiro atoms. The lowest BCUT2D eigenvalue weighted by atomic mass is 10.3. The number of nitrogens with zero attached hydrogens (tertiary/aromatic N) is 2. The number of hydrogen-bond donors (Lipinski definition) is 0. The first-order valence-corrected chi connectivity index (χ1v) is 3.80. The Balaban J connectivity index is 2.82. The van der Waals surface area contributed by atoms with E-state index in [-0.39, 0.29) is 5.38 Å². The van der Waals surface area contributed by atoms with E-state index in [4.69, 9.17) is 11.6 Å². The molecule has 1 aromatic heterocycles. The molecule has 0 bridgehead atoms. The van der Waals surface area contributed by atoms with Gasteiger partial charge in [-0.2, -0.15) is 0 Å². The highest BCUT2D eigenvalue weighted by Crippen LogP contribution is 2.20. The van der Waals surface area contributed by atoms with Crippen molar-refractivity contribution in [1.29, 1.82) is 0 Å². The van der Waals surface area contributed by atoms with E-state index in [1.807, 2.05) is 24.7 Å². The second-order valence-corrected chi connectivity index (χ2v) is 2.80. The summed E-state index contributed by atoms with van der Waals surface area (Å²) in [5.74, 6) is 0.948. The van der Waals surface area contributed by atoms with E-state index < -0.39 is 0 Å². The number of halogens is 1. The van der Waals surface area contributed by atoms with Crippen LogP contribution in [0.3, 0.4) is 0 Å². The Bertz CT molecular complexity index is 207. The van der Waals surface area contributed by atoms with Crippen LogP contribution in [0.15, 0.2) is 12.4 Å². The van der Waals surface area contributed by atoms with E-state index in [9.17, 15) is 0 Å². The summed E-state index contributed by atoms with van der Waals surface area (Å²) in [5, 5.41) is 0.0556. The van der Waals surface area contributed by atoms with E-state index in [0.29, 0.717) is 0 Å². The summed E-state index contributed by atoms with van der Waals surface area (Å²) in [6.07, 6.45) is 4.59. The van der Waals surface area contributed by atoms with Crippen LogP contribution in [0, 0.1) is 0 Å². The average molecular weight is 159 g/mol. The number of aryl methyl sites for hydroxylation is 1. The fourth-order valence-electron chi connectivity index (χ4n) is 0.862. The fraction of sp³-hybridized carbons (Fsp3) is 0.571. The minimum Gasteiger partial charge on any atom is -0.337 e. The van der Waals surface area contributed by atoms with Crippen LogP contribution in [0.2, 0.25) is 0 Å². The molecule has 2 nitrogen and oxygen atoms in total. The van der Waals surface area contributed by atoms with Crippen LogP contribution in [0.1, 0.15) is 24.5 Å². The summed E-state index contributed by atoms with van der Waals surface area (Å²) in [7, 11) is 1.95. The van der Waals surface area contributed by atoms with Crippen molar-refractivity contribution in [3.63, 3.8) is 0 Å². The molecule has 3 heteroatoms. The molecule has 1 atom stereocenters. The lowest BCUT2D eigenvalue weighted by molar-refractivity contribution is 0.737. The number of imidazole rings is 1. The molecule has 1 heterocycles. The lowest BCUT2D eigenvalue weighted by Gasteiger charge is -2.04. The molecule has 1 rings (SSSR count). The predicted octanol–water partition coefficient (Wildman–Crippen LogP) is 2.11. The van der Waals surface area contributed by atoms with Gasteiger partial charge in [0.15, 0.2) is 0 Å². The molecule has 1 aromatic rings. The molecule has 56 valence electrons. The van der Waals surface area contributed by atoms with Crippen LogP contribution in [-0.2, 0) is 7.05 Å². The van der Waals surface area contributed by atoms with Crippen molar-refractivity contribution in [3.8, 4) is 0 Å². The van der Waals surface area contributed by atoms with E-state index in [1.165, 1.54) is 0 Å². The zero-order valence-electron chi connectivity index (χ0n) is 6.21. The van der Waals surface area contributed by atoms with Gasteiger partial charge in [-0.1, -0.05) is 6.92 Å². The Kier molecular flexibility index (Phi) is 2.33. The Hall–Kier alpha value is -0.500. The van der Waals surface area contributed by atoms with Crippen molar-refractivity contribution in [1.82, 2.24) is 9.55 Å². The molecule has 0 aliphatic rings. The van der Waals surface area contributed by atoms with Crippen LogP contribution in [0.25, 0.3) is 0 Å². The molecular formula is C7H11ClN2. The van der Waals surface area contributed by atoms with E-state index in [1.54, 1.807) is 6.20 Å². The molecule has 0 amide bonds. The fourth-order valence-corrected chi connectivity index (χ4v) is 1.07. The molecule has 10 heavy (non-hydrogen) atoms. The molecule has 0 N–H and O–H groups in total. The monoisotopic (exact) mass is 158 g/mol. The zero-order valence-corrected chi connectivity index (χ0v) is 6.97. The summed E-state index contributed by atoms with van der Waals surface area (Å²) in [4.78, 5) is 4.12. The van der Waals surface area contributed by atoms with Crippen LogP contribution < -0.4 is 0 Å². The first-order chi connectivity index (χ1) is 4.75. The molecule has 0 aliphatic heterocycles. The lowest BCUT2D eigenvalue weighted by Crippen LogP contribution is -1.98. The highest BCUT2D eigenvalue weighted by atomic mass is 35.5. The maximum absolute atomic E-state index is 5.95. The summed E-state index contributed by atoms with van der Waals surface area (Å²) in [6.45, 7) is 2.05.